The molecule has 1 aromatic heterocycles. The number of aromatic amines is 1. The number of imidazole rings is 1. The Kier molecular flexibility index (Phi) is 3.98. The van der Waals surface area contributed by atoms with E-state index in [1.54, 1.807) is 42.4 Å². The summed E-state index contributed by atoms with van der Waals surface area (Å²) in [7, 11) is 1.69. The molecule has 1 aromatic carbocycles. The van der Waals surface area contributed by atoms with Crippen molar-refractivity contribution in [3.8, 4) is 0 Å². The van der Waals surface area contributed by atoms with Crippen molar-refractivity contribution < 1.29 is 9.59 Å². The molecule has 0 saturated carbocycles. The highest BCUT2D eigenvalue weighted by molar-refractivity contribution is 6.07. The van der Waals surface area contributed by atoms with Crippen LogP contribution < -0.4 is 0 Å². The van der Waals surface area contributed by atoms with Crippen molar-refractivity contribution in [1.29, 1.82) is 0 Å². The number of rotatable bonds is 4. The summed E-state index contributed by atoms with van der Waals surface area (Å²) in [6.07, 6.45) is 1.72. The molecule has 1 amide bonds. The zero-order chi connectivity index (χ0) is 14.7. The predicted octanol–water partition coefficient (Wildman–Crippen LogP) is 2.19. The summed E-state index contributed by atoms with van der Waals surface area (Å²) in [5.41, 5.74) is 1.82. The van der Waals surface area contributed by atoms with Crippen LogP contribution in [0.1, 0.15) is 39.2 Å². The average Bonchev–Trinajstić information content (AvgIpc) is 2.83. The van der Waals surface area contributed by atoms with Crippen LogP contribution in [-0.4, -0.2) is 33.6 Å². The van der Waals surface area contributed by atoms with E-state index < -0.39 is 0 Å². The normalized spacial score (nSPS) is 10.3. The minimum absolute atomic E-state index is 0.115. The van der Waals surface area contributed by atoms with Crippen molar-refractivity contribution in [3.63, 3.8) is 0 Å². The molecule has 2 rings (SSSR count). The number of hydrogen-bond acceptors (Lipinski definition) is 3. The van der Waals surface area contributed by atoms with Crippen LogP contribution in [0, 0.1) is 6.92 Å². The molecule has 1 N–H and O–H groups in total. The summed E-state index contributed by atoms with van der Waals surface area (Å²) in [5.74, 6) is 0.416. The van der Waals surface area contributed by atoms with Crippen LogP contribution >= 0.6 is 0 Å². The van der Waals surface area contributed by atoms with Crippen molar-refractivity contribution >= 4 is 11.7 Å². The van der Waals surface area contributed by atoms with Crippen LogP contribution in [0.2, 0.25) is 0 Å². The van der Waals surface area contributed by atoms with E-state index in [0.29, 0.717) is 17.7 Å². The Morgan fingerprint density at radius 2 is 1.90 bits per heavy atom. The second-order valence-corrected chi connectivity index (χ2v) is 4.78. The lowest BCUT2D eigenvalue weighted by molar-refractivity contribution is 0.0776. The van der Waals surface area contributed by atoms with Gasteiger partial charge in [0.1, 0.15) is 5.82 Å². The van der Waals surface area contributed by atoms with Gasteiger partial charge in [-0.05, 0) is 19.9 Å². The molecule has 5 heteroatoms. The number of aryl methyl sites for hydroxylation is 1. The van der Waals surface area contributed by atoms with Gasteiger partial charge < -0.3 is 9.88 Å². The zero-order valence-electron chi connectivity index (χ0n) is 11.8. The van der Waals surface area contributed by atoms with E-state index in [2.05, 4.69) is 9.97 Å². The maximum Gasteiger partial charge on any atom is 0.254 e. The highest BCUT2D eigenvalue weighted by atomic mass is 16.2. The van der Waals surface area contributed by atoms with E-state index in [0.717, 1.165) is 11.5 Å². The van der Waals surface area contributed by atoms with Gasteiger partial charge in [0.25, 0.3) is 5.91 Å². The number of aromatic nitrogens is 2. The maximum absolute atomic E-state index is 12.4. The smallest absolute Gasteiger partial charge is 0.254 e. The average molecular weight is 271 g/mol. The monoisotopic (exact) mass is 271 g/mol. The molecule has 0 atom stereocenters. The molecular weight excluding hydrogens is 254 g/mol. The SMILES string of the molecule is CC(=O)c1ccccc1C(=O)N(C)Cc1ncc(C)[nH]1. The van der Waals surface area contributed by atoms with Crippen LogP contribution in [0.4, 0.5) is 0 Å². The van der Waals surface area contributed by atoms with Gasteiger partial charge in [0, 0.05) is 24.5 Å². The Morgan fingerprint density at radius 3 is 2.45 bits per heavy atom. The summed E-state index contributed by atoms with van der Waals surface area (Å²) < 4.78 is 0. The Labute approximate surface area is 117 Å². The van der Waals surface area contributed by atoms with Crippen molar-refractivity contribution in [2.45, 2.75) is 20.4 Å². The fraction of sp³-hybridized carbons (Fsp3) is 0.267. The molecule has 5 nitrogen and oxygen atoms in total. The lowest BCUT2D eigenvalue weighted by Gasteiger charge is -2.17. The van der Waals surface area contributed by atoms with E-state index in [1.807, 2.05) is 6.92 Å². The Bertz CT molecular complexity index is 646. The molecule has 0 saturated heterocycles. The number of nitrogens with zero attached hydrogens (tertiary/aromatic N) is 2. The molecule has 0 aliphatic rings. The van der Waals surface area contributed by atoms with E-state index in [4.69, 9.17) is 0 Å². The van der Waals surface area contributed by atoms with Gasteiger partial charge in [0.2, 0.25) is 0 Å². The molecular formula is C15H17N3O2. The lowest BCUT2D eigenvalue weighted by Crippen LogP contribution is -2.28. The summed E-state index contributed by atoms with van der Waals surface area (Å²) in [6, 6.07) is 6.84. The quantitative estimate of drug-likeness (QED) is 0.867. The number of H-pyrrole nitrogens is 1. The fourth-order valence-corrected chi connectivity index (χ4v) is 2.03. The maximum atomic E-state index is 12.4. The predicted molar refractivity (Wildman–Crippen MR) is 75.6 cm³/mol. The first-order chi connectivity index (χ1) is 9.49. The van der Waals surface area contributed by atoms with Gasteiger partial charge in [0.05, 0.1) is 12.1 Å². The molecule has 1 heterocycles. The van der Waals surface area contributed by atoms with E-state index in [1.165, 1.54) is 6.92 Å². The number of amides is 1. The van der Waals surface area contributed by atoms with Crippen molar-refractivity contribution in [2.75, 3.05) is 7.05 Å². The summed E-state index contributed by atoms with van der Waals surface area (Å²) in [6.45, 7) is 3.74. The second-order valence-electron chi connectivity index (χ2n) is 4.78. The van der Waals surface area contributed by atoms with Gasteiger partial charge in [-0.25, -0.2) is 4.98 Å². The first-order valence-electron chi connectivity index (χ1n) is 6.35. The van der Waals surface area contributed by atoms with Crippen molar-refractivity contribution in [2.24, 2.45) is 0 Å². The van der Waals surface area contributed by atoms with Gasteiger partial charge in [-0.1, -0.05) is 18.2 Å². The van der Waals surface area contributed by atoms with Crippen LogP contribution in [0.25, 0.3) is 0 Å². The number of carbonyl (C=O) groups is 2. The Balaban J connectivity index is 2.20. The highest BCUT2D eigenvalue weighted by Gasteiger charge is 2.18. The van der Waals surface area contributed by atoms with E-state index in [-0.39, 0.29) is 11.7 Å². The molecule has 0 bridgehead atoms. The third kappa shape index (κ3) is 2.93. The number of Topliss-reactive ketones (excluding diaryl/α,β-unsaturated/α-hetero) is 1. The summed E-state index contributed by atoms with van der Waals surface area (Å²) >= 11 is 0. The van der Waals surface area contributed by atoms with Crippen LogP contribution in [0.15, 0.2) is 30.5 Å². The summed E-state index contributed by atoms with van der Waals surface area (Å²) in [4.78, 5) is 32.8. The number of ketones is 1. The van der Waals surface area contributed by atoms with Gasteiger partial charge in [0.15, 0.2) is 5.78 Å². The number of carbonyl (C=O) groups excluding carboxylic acids is 2. The van der Waals surface area contributed by atoms with Gasteiger partial charge in [-0.3, -0.25) is 9.59 Å². The Morgan fingerprint density at radius 1 is 1.25 bits per heavy atom. The first-order valence-corrected chi connectivity index (χ1v) is 6.35. The van der Waals surface area contributed by atoms with Crippen molar-refractivity contribution in [3.05, 3.63) is 53.1 Å². The molecule has 0 radical (unpaired) electrons. The lowest BCUT2D eigenvalue weighted by atomic mass is 10.0. The largest absolute Gasteiger partial charge is 0.345 e. The number of hydrogen-bond donors (Lipinski definition) is 1. The molecule has 2 aromatic rings. The minimum Gasteiger partial charge on any atom is -0.345 e. The van der Waals surface area contributed by atoms with Gasteiger partial charge in [-0.2, -0.15) is 0 Å². The van der Waals surface area contributed by atoms with E-state index in [9.17, 15) is 9.59 Å². The van der Waals surface area contributed by atoms with E-state index >= 15 is 0 Å². The molecule has 20 heavy (non-hydrogen) atoms. The first kappa shape index (κ1) is 14.0. The van der Waals surface area contributed by atoms with Crippen molar-refractivity contribution in [1.82, 2.24) is 14.9 Å². The Hall–Kier alpha value is -2.43. The minimum atomic E-state index is -0.190. The third-order valence-electron chi connectivity index (χ3n) is 3.03. The van der Waals surface area contributed by atoms with Crippen LogP contribution in [-0.2, 0) is 6.54 Å². The summed E-state index contributed by atoms with van der Waals surface area (Å²) in [5, 5.41) is 0. The number of nitrogens with one attached hydrogen (secondary N) is 1. The molecule has 0 fully saturated rings. The highest BCUT2D eigenvalue weighted by Crippen LogP contribution is 2.13. The molecule has 0 unspecified atom stereocenters. The molecule has 104 valence electrons. The molecule has 0 aliphatic heterocycles. The van der Waals surface area contributed by atoms with Crippen LogP contribution in [0.3, 0.4) is 0 Å². The fourth-order valence-electron chi connectivity index (χ4n) is 2.03. The standard InChI is InChI=1S/C15H17N3O2/c1-10-8-16-14(17-10)9-18(3)15(20)13-7-5-4-6-12(13)11(2)19/h4-8H,9H2,1-3H3,(H,16,17). The second kappa shape index (κ2) is 5.69. The zero-order valence-corrected chi connectivity index (χ0v) is 11.8. The van der Waals surface area contributed by atoms with Gasteiger partial charge >= 0.3 is 0 Å². The third-order valence-corrected chi connectivity index (χ3v) is 3.03. The van der Waals surface area contributed by atoms with Gasteiger partial charge in [-0.15, -0.1) is 0 Å². The molecule has 0 aliphatic carbocycles. The van der Waals surface area contributed by atoms with Crippen LogP contribution in [0.5, 0.6) is 0 Å². The molecule has 0 spiro atoms. The topological polar surface area (TPSA) is 66.1 Å². The number of benzene rings is 1.